The fraction of sp³-hybridized carbons (Fsp3) is 0.529. The highest BCUT2D eigenvalue weighted by Crippen LogP contribution is 2.34. The summed E-state index contributed by atoms with van der Waals surface area (Å²) in [6, 6.07) is 6.70. The largest absolute Gasteiger partial charge is 0.287 e. The smallest absolute Gasteiger partial charge is 0.284 e. The number of amidine groups is 1. The van der Waals surface area contributed by atoms with Crippen LogP contribution in [0.15, 0.2) is 33.6 Å². The Kier molecular flexibility index (Phi) is 5.01. The van der Waals surface area contributed by atoms with Crippen molar-refractivity contribution in [1.82, 2.24) is 4.90 Å². The number of nitrogens with zero attached hydrogens (tertiary/aromatic N) is 2. The third-order valence-electron chi connectivity index (χ3n) is 4.53. The van der Waals surface area contributed by atoms with Crippen LogP contribution in [0.3, 0.4) is 0 Å². The zero-order valence-electron chi connectivity index (χ0n) is 13.9. The van der Waals surface area contributed by atoms with Gasteiger partial charge in [0, 0.05) is 6.04 Å². The third-order valence-corrected chi connectivity index (χ3v) is 6.98. The molecule has 0 N–H and O–H groups in total. The Balaban J connectivity index is 1.93. The van der Waals surface area contributed by atoms with Crippen LogP contribution in [0.25, 0.3) is 0 Å². The van der Waals surface area contributed by atoms with Gasteiger partial charge < -0.3 is 0 Å². The van der Waals surface area contributed by atoms with Gasteiger partial charge in [0.2, 0.25) is 5.91 Å². The van der Waals surface area contributed by atoms with Crippen LogP contribution in [-0.4, -0.2) is 35.7 Å². The summed E-state index contributed by atoms with van der Waals surface area (Å²) >= 11 is 1.25. The van der Waals surface area contributed by atoms with Crippen molar-refractivity contribution >= 4 is 32.9 Å². The number of amides is 1. The molecule has 1 aromatic rings. The highest BCUT2D eigenvalue weighted by molar-refractivity contribution is 8.16. The van der Waals surface area contributed by atoms with Crippen molar-refractivity contribution < 1.29 is 13.2 Å². The molecule has 0 radical (unpaired) electrons. The van der Waals surface area contributed by atoms with Crippen molar-refractivity contribution in [3.8, 4) is 0 Å². The zero-order valence-corrected chi connectivity index (χ0v) is 15.6. The van der Waals surface area contributed by atoms with E-state index in [1.54, 1.807) is 29.2 Å². The summed E-state index contributed by atoms with van der Waals surface area (Å²) < 4.78 is 29.2. The van der Waals surface area contributed by atoms with E-state index in [9.17, 15) is 13.2 Å². The molecular formula is C17H22N2O3S2. The van der Waals surface area contributed by atoms with Gasteiger partial charge in [-0.15, -0.1) is 4.40 Å². The summed E-state index contributed by atoms with van der Waals surface area (Å²) in [5, 5.41) is 0.0545. The van der Waals surface area contributed by atoms with Crippen LogP contribution in [0, 0.1) is 6.92 Å². The molecule has 1 saturated heterocycles. The van der Waals surface area contributed by atoms with Crippen LogP contribution in [0.5, 0.6) is 0 Å². The molecule has 0 bridgehead atoms. The van der Waals surface area contributed by atoms with Crippen LogP contribution in [0.2, 0.25) is 0 Å². The highest BCUT2D eigenvalue weighted by atomic mass is 32.2. The first kappa shape index (κ1) is 17.5. The second-order valence-corrected chi connectivity index (χ2v) is 9.33. The summed E-state index contributed by atoms with van der Waals surface area (Å²) in [4.78, 5) is 14.3. The number of hydrogen-bond donors (Lipinski definition) is 0. The minimum absolute atomic E-state index is 0.0234. The lowest BCUT2D eigenvalue weighted by molar-refractivity contribution is -0.127. The predicted molar refractivity (Wildman–Crippen MR) is 96.6 cm³/mol. The van der Waals surface area contributed by atoms with Crippen molar-refractivity contribution in [1.29, 1.82) is 0 Å². The summed E-state index contributed by atoms with van der Waals surface area (Å²) in [7, 11) is -3.81. The van der Waals surface area contributed by atoms with E-state index in [4.69, 9.17) is 0 Å². The Labute approximate surface area is 147 Å². The lowest BCUT2D eigenvalue weighted by Crippen LogP contribution is -2.42. The first-order valence-corrected chi connectivity index (χ1v) is 10.6. The van der Waals surface area contributed by atoms with Crippen LogP contribution < -0.4 is 0 Å². The molecular weight excluding hydrogens is 344 g/mol. The molecule has 1 aliphatic carbocycles. The van der Waals surface area contributed by atoms with Gasteiger partial charge in [-0.2, -0.15) is 8.42 Å². The van der Waals surface area contributed by atoms with Gasteiger partial charge in [-0.3, -0.25) is 9.69 Å². The molecule has 0 unspecified atom stereocenters. The van der Waals surface area contributed by atoms with Crippen LogP contribution in [-0.2, 0) is 14.8 Å². The van der Waals surface area contributed by atoms with E-state index < -0.39 is 10.0 Å². The summed E-state index contributed by atoms with van der Waals surface area (Å²) in [6.07, 6.45) is 5.16. The van der Waals surface area contributed by atoms with Gasteiger partial charge in [0.25, 0.3) is 10.0 Å². The molecule has 0 spiro atoms. The fourth-order valence-corrected chi connectivity index (χ4v) is 5.39. The maximum atomic E-state index is 12.6. The Morgan fingerprint density at radius 3 is 2.38 bits per heavy atom. The van der Waals surface area contributed by atoms with E-state index in [0.29, 0.717) is 5.17 Å². The first-order valence-electron chi connectivity index (χ1n) is 8.30. The van der Waals surface area contributed by atoms with Gasteiger partial charge in [0.1, 0.15) is 0 Å². The fourth-order valence-electron chi connectivity index (χ4n) is 3.16. The zero-order chi connectivity index (χ0) is 17.3. The normalized spacial score (nSPS) is 24.8. The molecule has 5 nitrogen and oxygen atoms in total. The van der Waals surface area contributed by atoms with Gasteiger partial charge >= 0.3 is 0 Å². The molecule has 1 amide bonds. The number of sulfonamides is 1. The number of rotatable bonds is 3. The highest BCUT2D eigenvalue weighted by Gasteiger charge is 2.40. The van der Waals surface area contributed by atoms with Gasteiger partial charge in [0.15, 0.2) is 5.17 Å². The third kappa shape index (κ3) is 3.52. The number of aryl methyl sites for hydroxylation is 1. The molecule has 2 aliphatic rings. The minimum atomic E-state index is -3.81. The monoisotopic (exact) mass is 366 g/mol. The Morgan fingerprint density at radius 1 is 1.12 bits per heavy atom. The average molecular weight is 367 g/mol. The molecule has 1 aliphatic heterocycles. The van der Waals surface area contributed by atoms with Gasteiger partial charge in [-0.1, -0.05) is 48.7 Å². The molecule has 1 heterocycles. The maximum Gasteiger partial charge on any atom is 0.284 e. The van der Waals surface area contributed by atoms with Crippen molar-refractivity contribution in [3.05, 3.63) is 29.8 Å². The topological polar surface area (TPSA) is 66.8 Å². The quantitative estimate of drug-likeness (QED) is 0.823. The molecule has 1 atom stereocenters. The van der Waals surface area contributed by atoms with Crippen LogP contribution >= 0.6 is 11.8 Å². The standard InChI is InChI=1S/C17H22N2O3S2/c1-12-8-10-15(11-9-12)24(21,22)18-17-19(16(20)13(2)23-17)14-6-4-3-5-7-14/h8-11,13-14H,3-7H2,1-2H3/t13-/m0/s1. The van der Waals surface area contributed by atoms with Gasteiger partial charge in [0.05, 0.1) is 10.1 Å². The van der Waals surface area contributed by atoms with Gasteiger partial charge in [-0.05, 0) is 38.8 Å². The number of hydrogen-bond acceptors (Lipinski definition) is 4. The SMILES string of the molecule is Cc1ccc(S(=O)(=O)N=C2S[C@@H](C)C(=O)N2C2CCCCC2)cc1. The molecule has 3 rings (SSSR count). The van der Waals surface area contributed by atoms with Crippen molar-refractivity contribution in [3.63, 3.8) is 0 Å². The number of thioether (sulfide) groups is 1. The minimum Gasteiger partial charge on any atom is -0.287 e. The molecule has 0 aromatic heterocycles. The van der Waals surface area contributed by atoms with E-state index in [-0.39, 0.29) is 22.1 Å². The predicted octanol–water partition coefficient (Wildman–Crippen LogP) is 3.34. The Morgan fingerprint density at radius 2 is 1.75 bits per heavy atom. The molecule has 1 saturated carbocycles. The maximum absolute atomic E-state index is 12.6. The average Bonchev–Trinajstić information content (AvgIpc) is 2.82. The van der Waals surface area contributed by atoms with Crippen molar-refractivity contribution in [2.24, 2.45) is 4.40 Å². The molecule has 2 fully saturated rings. The molecule has 130 valence electrons. The number of benzene rings is 1. The van der Waals surface area contributed by atoms with Crippen molar-refractivity contribution in [2.45, 2.75) is 62.1 Å². The molecule has 1 aromatic carbocycles. The van der Waals surface area contributed by atoms with Gasteiger partial charge in [-0.25, -0.2) is 0 Å². The first-order chi connectivity index (χ1) is 11.4. The van der Waals surface area contributed by atoms with Crippen molar-refractivity contribution in [2.75, 3.05) is 0 Å². The van der Waals surface area contributed by atoms with E-state index in [1.807, 2.05) is 13.8 Å². The van der Waals surface area contributed by atoms with E-state index >= 15 is 0 Å². The van der Waals surface area contributed by atoms with E-state index in [1.165, 1.54) is 18.2 Å². The number of carbonyl (C=O) groups excluding carboxylic acids is 1. The van der Waals surface area contributed by atoms with Crippen LogP contribution in [0.1, 0.15) is 44.6 Å². The summed E-state index contributed by atoms with van der Waals surface area (Å²) in [5.74, 6) is -0.0234. The van der Waals surface area contributed by atoms with Crippen LogP contribution in [0.4, 0.5) is 0 Å². The lowest BCUT2D eigenvalue weighted by Gasteiger charge is -2.30. The summed E-state index contributed by atoms with van der Waals surface area (Å²) in [6.45, 7) is 3.71. The van der Waals surface area contributed by atoms with E-state index in [2.05, 4.69) is 4.40 Å². The lowest BCUT2D eigenvalue weighted by atomic mass is 9.94. The number of carbonyl (C=O) groups is 1. The molecule has 7 heteroatoms. The second kappa shape index (κ2) is 6.88. The summed E-state index contributed by atoms with van der Waals surface area (Å²) in [5.41, 5.74) is 0.990. The molecule has 24 heavy (non-hydrogen) atoms. The second-order valence-electron chi connectivity index (χ2n) is 6.42. The Hall–Kier alpha value is -1.34. The Bertz CT molecular complexity index is 751. The van der Waals surface area contributed by atoms with E-state index in [0.717, 1.165) is 31.2 Å².